The number of hydrogen-bond donors (Lipinski definition) is 2. The molecule has 2 heterocycles. The van der Waals surface area contributed by atoms with Gasteiger partial charge in [-0.2, -0.15) is 5.10 Å². The number of nitrogens with zero attached hydrogens (tertiary/aromatic N) is 5. The summed E-state index contributed by atoms with van der Waals surface area (Å²) >= 11 is 0. The number of rotatable bonds is 7. The second-order valence-electron chi connectivity index (χ2n) is 8.44. The first kappa shape index (κ1) is 23.1. The Labute approximate surface area is 183 Å². The molecule has 1 aliphatic rings. The third-order valence-corrected chi connectivity index (χ3v) is 5.45. The third kappa shape index (κ3) is 5.58. The average molecular weight is 434 g/mol. The normalized spacial score (nSPS) is 17.7. The molecule has 2 atom stereocenters. The van der Waals surface area contributed by atoms with E-state index in [0.717, 1.165) is 24.5 Å². The predicted octanol–water partition coefficient (Wildman–Crippen LogP) is 2.85. The van der Waals surface area contributed by atoms with Crippen LogP contribution in [0.25, 0.3) is 0 Å². The fraction of sp³-hybridized carbons (Fsp3) is 0.591. The Morgan fingerprint density at radius 2 is 2.00 bits per heavy atom. The molecule has 0 spiro atoms. The van der Waals surface area contributed by atoms with Crippen molar-refractivity contribution < 1.29 is 8.78 Å². The van der Waals surface area contributed by atoms with Crippen molar-refractivity contribution in [3.05, 3.63) is 47.0 Å². The minimum atomic E-state index is -0.557. The van der Waals surface area contributed by atoms with Crippen LogP contribution < -0.4 is 10.6 Å². The van der Waals surface area contributed by atoms with Gasteiger partial charge in [-0.3, -0.25) is 4.99 Å². The lowest BCUT2D eigenvalue weighted by atomic mass is 10.0. The van der Waals surface area contributed by atoms with Crippen molar-refractivity contribution >= 4 is 5.96 Å². The maximum absolute atomic E-state index is 14.3. The van der Waals surface area contributed by atoms with Crippen LogP contribution in [0.3, 0.4) is 0 Å². The Balaban J connectivity index is 1.73. The van der Waals surface area contributed by atoms with Crippen molar-refractivity contribution in [3.63, 3.8) is 0 Å². The molecule has 170 valence electrons. The summed E-state index contributed by atoms with van der Waals surface area (Å²) in [7, 11) is 3.60. The molecule has 0 saturated heterocycles. The van der Waals surface area contributed by atoms with Crippen molar-refractivity contribution in [2.45, 2.75) is 58.2 Å². The van der Waals surface area contributed by atoms with Crippen LogP contribution in [-0.4, -0.2) is 58.9 Å². The molecule has 0 saturated carbocycles. The van der Waals surface area contributed by atoms with Crippen LogP contribution in [0.5, 0.6) is 0 Å². The van der Waals surface area contributed by atoms with Crippen molar-refractivity contribution in [1.29, 1.82) is 0 Å². The first-order valence-corrected chi connectivity index (χ1v) is 10.9. The van der Waals surface area contributed by atoms with Gasteiger partial charge in [0.25, 0.3) is 0 Å². The van der Waals surface area contributed by atoms with Gasteiger partial charge < -0.3 is 15.5 Å². The van der Waals surface area contributed by atoms with Gasteiger partial charge in [-0.15, -0.1) is 0 Å². The molecule has 2 N–H and O–H groups in total. The molecule has 1 aromatic heterocycles. The zero-order chi connectivity index (χ0) is 22.5. The van der Waals surface area contributed by atoms with Gasteiger partial charge >= 0.3 is 0 Å². The van der Waals surface area contributed by atoms with Crippen LogP contribution in [0, 0.1) is 11.6 Å². The van der Waals surface area contributed by atoms with Gasteiger partial charge in [-0.25, -0.2) is 18.4 Å². The Kier molecular flexibility index (Phi) is 7.59. The number of likely N-dealkylation sites (N-methyl/N-ethyl adjacent to an activating group) is 1. The van der Waals surface area contributed by atoms with E-state index in [1.807, 2.05) is 11.6 Å². The molecule has 0 aliphatic carbocycles. The van der Waals surface area contributed by atoms with Gasteiger partial charge in [0.1, 0.15) is 17.5 Å². The minimum absolute atomic E-state index is 0.0400. The van der Waals surface area contributed by atoms with Crippen molar-refractivity contribution in [1.82, 2.24) is 30.3 Å². The number of nitrogens with one attached hydrogen (secondary N) is 2. The summed E-state index contributed by atoms with van der Waals surface area (Å²) in [5, 5.41) is 11.3. The predicted molar refractivity (Wildman–Crippen MR) is 118 cm³/mol. The first-order chi connectivity index (χ1) is 14.8. The van der Waals surface area contributed by atoms with Crippen LogP contribution in [-0.2, 0) is 13.0 Å². The molecular formula is C22H33F2N7. The number of aryl methyl sites for hydroxylation is 1. The Bertz CT molecular complexity index is 887. The van der Waals surface area contributed by atoms with Crippen LogP contribution in [0.15, 0.2) is 23.2 Å². The number of aromatic nitrogens is 3. The fourth-order valence-electron chi connectivity index (χ4n) is 3.72. The lowest BCUT2D eigenvalue weighted by molar-refractivity contribution is 0.289. The topological polar surface area (TPSA) is 70.4 Å². The lowest BCUT2D eigenvalue weighted by Gasteiger charge is -2.27. The van der Waals surface area contributed by atoms with Crippen molar-refractivity contribution in [2.75, 3.05) is 27.2 Å². The molecule has 0 fully saturated rings. The summed E-state index contributed by atoms with van der Waals surface area (Å²) in [6.07, 6.45) is 1.76. The van der Waals surface area contributed by atoms with Crippen molar-refractivity contribution in [3.8, 4) is 0 Å². The van der Waals surface area contributed by atoms with E-state index in [1.165, 1.54) is 18.2 Å². The fourth-order valence-corrected chi connectivity index (χ4v) is 3.72. The summed E-state index contributed by atoms with van der Waals surface area (Å²) < 4.78 is 30.7. The highest BCUT2D eigenvalue weighted by Crippen LogP contribution is 2.25. The summed E-state index contributed by atoms with van der Waals surface area (Å²) in [5.41, 5.74) is 0.0400. The van der Waals surface area contributed by atoms with Gasteiger partial charge in [-0.05, 0) is 39.6 Å². The zero-order valence-corrected chi connectivity index (χ0v) is 19.0. The Morgan fingerprint density at radius 1 is 1.29 bits per heavy atom. The molecule has 0 radical (unpaired) electrons. The molecule has 1 aliphatic heterocycles. The standard InChI is InChI=1S/C22H33F2N7/c1-6-25-22(26-12-18(30(4)5)20-16(23)8-7-9-17(20)24)27-15-10-11-19-28-21(14(2)3)29-31(19)13-15/h7-9,14-15,18H,6,10-13H2,1-5H3,(H2,25,26,27). The number of fused-ring (bicyclic) bond motifs is 1. The smallest absolute Gasteiger partial charge is 0.191 e. The summed E-state index contributed by atoms with van der Waals surface area (Å²) in [6.45, 7) is 7.78. The number of aliphatic imine (C=N–C) groups is 1. The lowest BCUT2D eigenvalue weighted by Crippen LogP contribution is -2.47. The summed E-state index contributed by atoms with van der Waals surface area (Å²) in [5.74, 6) is 1.70. The van der Waals surface area contributed by atoms with E-state index in [1.54, 1.807) is 19.0 Å². The monoisotopic (exact) mass is 433 g/mol. The molecule has 0 bridgehead atoms. The van der Waals surface area contributed by atoms with Crippen LogP contribution in [0.1, 0.15) is 56.4 Å². The highest BCUT2D eigenvalue weighted by atomic mass is 19.1. The maximum atomic E-state index is 14.3. The molecule has 9 heteroatoms. The summed E-state index contributed by atoms with van der Waals surface area (Å²) in [6, 6.07) is 3.58. The SMILES string of the molecule is CCNC(=NCC(c1c(F)cccc1F)N(C)C)NC1CCc2nc(C(C)C)nn2C1. The second-order valence-corrected chi connectivity index (χ2v) is 8.44. The molecule has 7 nitrogen and oxygen atoms in total. The van der Waals surface area contributed by atoms with Crippen LogP contribution >= 0.6 is 0 Å². The second kappa shape index (κ2) is 10.2. The number of halogens is 2. The number of hydrogen-bond acceptors (Lipinski definition) is 4. The average Bonchev–Trinajstić information content (AvgIpc) is 3.13. The molecule has 1 aromatic carbocycles. The molecule has 2 unspecified atom stereocenters. The summed E-state index contributed by atoms with van der Waals surface area (Å²) in [4.78, 5) is 11.1. The quantitative estimate of drug-likeness (QED) is 0.519. The number of guanidine groups is 1. The first-order valence-electron chi connectivity index (χ1n) is 10.9. The number of benzene rings is 1. The van der Waals surface area contributed by atoms with Crippen molar-refractivity contribution in [2.24, 2.45) is 4.99 Å². The third-order valence-electron chi connectivity index (χ3n) is 5.45. The largest absolute Gasteiger partial charge is 0.357 e. The van der Waals surface area contributed by atoms with Crippen LogP contribution in [0.2, 0.25) is 0 Å². The molecule has 3 rings (SSSR count). The minimum Gasteiger partial charge on any atom is -0.357 e. The Morgan fingerprint density at radius 3 is 2.61 bits per heavy atom. The zero-order valence-electron chi connectivity index (χ0n) is 19.0. The van der Waals surface area contributed by atoms with E-state index >= 15 is 0 Å². The molecule has 2 aromatic rings. The van der Waals surface area contributed by atoms with E-state index in [9.17, 15) is 8.78 Å². The highest BCUT2D eigenvalue weighted by molar-refractivity contribution is 5.80. The van der Waals surface area contributed by atoms with Gasteiger partial charge in [0.05, 0.1) is 19.1 Å². The molecule has 0 amide bonds. The molecular weight excluding hydrogens is 400 g/mol. The Hall–Kier alpha value is -2.55. The molecule has 31 heavy (non-hydrogen) atoms. The van der Waals surface area contributed by atoms with Gasteiger partial charge in [-0.1, -0.05) is 19.9 Å². The van der Waals surface area contributed by atoms with E-state index in [-0.39, 0.29) is 18.2 Å². The van der Waals surface area contributed by atoms with Gasteiger partial charge in [0, 0.05) is 30.5 Å². The van der Waals surface area contributed by atoms with Gasteiger partial charge in [0.15, 0.2) is 11.8 Å². The van der Waals surface area contributed by atoms with E-state index < -0.39 is 17.7 Å². The van der Waals surface area contributed by atoms with E-state index in [2.05, 4.69) is 39.6 Å². The van der Waals surface area contributed by atoms with E-state index in [4.69, 9.17) is 0 Å². The van der Waals surface area contributed by atoms with Gasteiger partial charge in [0.2, 0.25) is 0 Å². The highest BCUT2D eigenvalue weighted by Gasteiger charge is 2.25. The van der Waals surface area contributed by atoms with Crippen LogP contribution in [0.4, 0.5) is 8.78 Å². The van der Waals surface area contributed by atoms with E-state index in [0.29, 0.717) is 25.0 Å². The maximum Gasteiger partial charge on any atom is 0.191 e.